The normalized spacial score (nSPS) is 14.3. The van der Waals surface area contributed by atoms with Gasteiger partial charge in [0.15, 0.2) is 0 Å². The van der Waals surface area contributed by atoms with Crippen molar-refractivity contribution in [3.63, 3.8) is 0 Å². The molecule has 0 aliphatic heterocycles. The molecule has 0 atom stereocenters. The predicted octanol–water partition coefficient (Wildman–Crippen LogP) is 14.9. The lowest BCUT2D eigenvalue weighted by atomic mass is 9.82. The van der Waals surface area contributed by atoms with E-state index in [0.717, 1.165) is 61.3 Å². The van der Waals surface area contributed by atoms with Crippen molar-refractivity contribution in [1.29, 1.82) is 0 Å². The zero-order valence-corrected chi connectivity index (χ0v) is 34.1. The van der Waals surface area contributed by atoms with Gasteiger partial charge in [0.1, 0.15) is 0 Å². The second kappa shape index (κ2) is 12.6. The van der Waals surface area contributed by atoms with Crippen molar-refractivity contribution in [3.05, 3.63) is 205 Å². The molecule has 2 aliphatic carbocycles. The predicted molar refractivity (Wildman–Crippen MR) is 250 cm³/mol. The van der Waals surface area contributed by atoms with Gasteiger partial charge in [0.2, 0.25) is 0 Å². The summed E-state index contributed by atoms with van der Waals surface area (Å²) in [5.41, 5.74) is 18.9. The number of aromatic nitrogens is 2. The van der Waals surface area contributed by atoms with Crippen molar-refractivity contribution in [2.75, 3.05) is 9.80 Å². The van der Waals surface area contributed by atoms with Gasteiger partial charge < -0.3 is 9.80 Å². The van der Waals surface area contributed by atoms with Crippen LogP contribution in [-0.4, -0.2) is 9.97 Å². The number of fused-ring (bicyclic) bond motifs is 6. The number of para-hydroxylation sites is 2. The van der Waals surface area contributed by atoms with Crippen LogP contribution in [0.2, 0.25) is 0 Å². The molecule has 0 unspecified atom stereocenters. The van der Waals surface area contributed by atoms with E-state index in [0.29, 0.717) is 0 Å². The molecule has 0 saturated heterocycles. The van der Waals surface area contributed by atoms with Gasteiger partial charge in [0, 0.05) is 73.2 Å². The van der Waals surface area contributed by atoms with Gasteiger partial charge in [-0.15, -0.1) is 0 Å². The van der Waals surface area contributed by atoms with Crippen LogP contribution in [0.1, 0.15) is 49.9 Å². The number of hydrogen-bond donors (Lipinski definition) is 0. The highest BCUT2D eigenvalue weighted by Gasteiger charge is 2.37. The number of hydrogen-bond acceptors (Lipinski definition) is 4. The van der Waals surface area contributed by atoms with E-state index in [9.17, 15) is 0 Å². The van der Waals surface area contributed by atoms with E-state index < -0.39 is 0 Å². The summed E-state index contributed by atoms with van der Waals surface area (Å²) in [6.45, 7) is 9.33. The summed E-state index contributed by atoms with van der Waals surface area (Å²) in [5, 5.41) is 4.44. The smallest absolute Gasteiger partial charge is 0.0751 e. The standard InChI is InChI=1S/C56H42N4/c1-55(2)47-21-13-11-19-43(47)45-29-39(23-25-49(45)55)59(37-15-7-5-8-16-37)41-27-35-33-57-51-31-42(32-52-54(51)53(35)36(28-41)34-58-52)60(38-17-9-6-10-18-38)40-24-26-50-46(30-40)44-20-12-14-22-48(44)56(50,3)4/h5-34H,1-4H3. The maximum absolute atomic E-state index is 5.20. The quantitative estimate of drug-likeness (QED) is 0.158. The average Bonchev–Trinajstić information content (AvgIpc) is 3.65. The van der Waals surface area contributed by atoms with Crippen LogP contribution >= 0.6 is 0 Å². The van der Waals surface area contributed by atoms with Crippen molar-refractivity contribution in [2.24, 2.45) is 0 Å². The average molecular weight is 771 g/mol. The Morgan fingerprint density at radius 3 is 1.20 bits per heavy atom. The van der Waals surface area contributed by atoms with Gasteiger partial charge in [-0.3, -0.25) is 9.97 Å². The van der Waals surface area contributed by atoms with E-state index >= 15 is 0 Å². The molecule has 4 nitrogen and oxygen atoms in total. The Labute approximate surface area is 350 Å². The van der Waals surface area contributed by atoms with Crippen LogP contribution < -0.4 is 9.80 Å². The van der Waals surface area contributed by atoms with E-state index in [-0.39, 0.29) is 10.8 Å². The number of rotatable bonds is 6. The number of pyridine rings is 2. The van der Waals surface area contributed by atoms with E-state index in [4.69, 9.17) is 9.97 Å². The molecule has 0 saturated carbocycles. The third-order valence-electron chi connectivity index (χ3n) is 13.4. The highest BCUT2D eigenvalue weighted by Crippen LogP contribution is 2.53. The highest BCUT2D eigenvalue weighted by molar-refractivity contribution is 6.22. The fraction of sp³-hybridized carbons (Fsp3) is 0.107. The van der Waals surface area contributed by atoms with Gasteiger partial charge in [-0.1, -0.05) is 125 Å². The Kier molecular flexibility index (Phi) is 7.29. The summed E-state index contributed by atoms with van der Waals surface area (Å²) in [7, 11) is 0. The molecule has 4 heteroatoms. The topological polar surface area (TPSA) is 32.3 Å². The van der Waals surface area contributed by atoms with E-state index in [1.54, 1.807) is 0 Å². The first kappa shape index (κ1) is 34.7. The summed E-state index contributed by atoms with van der Waals surface area (Å²) < 4.78 is 0. The van der Waals surface area contributed by atoms with Crippen LogP contribution in [0.4, 0.5) is 34.1 Å². The molecule has 0 fully saturated rings. The molecule has 0 radical (unpaired) electrons. The van der Waals surface area contributed by atoms with Crippen LogP contribution in [0, 0.1) is 0 Å². The molecule has 2 aromatic heterocycles. The molecule has 286 valence electrons. The van der Waals surface area contributed by atoms with Crippen LogP contribution in [0.3, 0.4) is 0 Å². The summed E-state index contributed by atoms with van der Waals surface area (Å²) >= 11 is 0. The molecule has 10 aromatic rings. The zero-order valence-electron chi connectivity index (χ0n) is 34.1. The molecular weight excluding hydrogens is 729 g/mol. The summed E-state index contributed by atoms with van der Waals surface area (Å²) in [6, 6.07) is 62.0. The van der Waals surface area contributed by atoms with Crippen LogP contribution in [0.25, 0.3) is 54.8 Å². The third-order valence-corrected chi connectivity index (χ3v) is 13.4. The minimum atomic E-state index is -0.0604. The first-order chi connectivity index (χ1) is 29.3. The van der Waals surface area contributed by atoms with Crippen LogP contribution in [-0.2, 0) is 10.8 Å². The van der Waals surface area contributed by atoms with Gasteiger partial charge in [-0.25, -0.2) is 0 Å². The van der Waals surface area contributed by atoms with E-state index in [2.05, 4.69) is 207 Å². The first-order valence-electron chi connectivity index (χ1n) is 20.9. The van der Waals surface area contributed by atoms with Crippen LogP contribution in [0.5, 0.6) is 0 Å². The Hall–Kier alpha value is -7.30. The lowest BCUT2D eigenvalue weighted by Gasteiger charge is -2.28. The first-order valence-corrected chi connectivity index (χ1v) is 20.9. The molecule has 8 aromatic carbocycles. The SMILES string of the molecule is CC1(C)c2ccccc2-c2cc(N(c3ccccc3)c3cc4cnc5cc(N(c6ccccc6)c6ccc7c(c6)-c6ccccc6C7(C)C)cc6ncc(c3)c4c56)ccc21. The molecule has 0 N–H and O–H groups in total. The molecular formula is C56H42N4. The van der Waals surface area contributed by atoms with Crippen LogP contribution in [0.15, 0.2) is 182 Å². The maximum Gasteiger partial charge on any atom is 0.0751 e. The Morgan fingerprint density at radius 2 is 0.733 bits per heavy atom. The lowest BCUT2D eigenvalue weighted by Crippen LogP contribution is -2.15. The number of benzene rings is 8. The summed E-state index contributed by atoms with van der Waals surface area (Å²) in [6.07, 6.45) is 4.09. The molecule has 0 amide bonds. The minimum Gasteiger partial charge on any atom is -0.310 e. The number of anilines is 6. The van der Waals surface area contributed by atoms with Crippen molar-refractivity contribution in [2.45, 2.75) is 38.5 Å². The van der Waals surface area contributed by atoms with Crippen molar-refractivity contribution in [3.8, 4) is 22.3 Å². The molecule has 12 rings (SSSR count). The van der Waals surface area contributed by atoms with Gasteiger partial charge >= 0.3 is 0 Å². The largest absolute Gasteiger partial charge is 0.310 e. The number of nitrogens with zero attached hydrogens (tertiary/aromatic N) is 4. The second-order valence-electron chi connectivity index (χ2n) is 17.5. The maximum atomic E-state index is 5.20. The fourth-order valence-electron chi connectivity index (χ4n) is 10.5. The van der Waals surface area contributed by atoms with Gasteiger partial charge in [0.25, 0.3) is 0 Å². The fourth-order valence-corrected chi connectivity index (χ4v) is 10.5. The molecule has 0 bridgehead atoms. The van der Waals surface area contributed by atoms with Crippen molar-refractivity contribution < 1.29 is 0 Å². The summed E-state index contributed by atoms with van der Waals surface area (Å²) in [5.74, 6) is 0. The Bertz CT molecular complexity index is 3040. The van der Waals surface area contributed by atoms with Gasteiger partial charge in [-0.2, -0.15) is 0 Å². The summed E-state index contributed by atoms with van der Waals surface area (Å²) in [4.78, 5) is 15.1. The second-order valence-corrected chi connectivity index (χ2v) is 17.5. The Balaban J connectivity index is 1.00. The van der Waals surface area contributed by atoms with Crippen molar-refractivity contribution in [1.82, 2.24) is 9.97 Å². The zero-order chi connectivity index (χ0) is 40.3. The van der Waals surface area contributed by atoms with Gasteiger partial charge in [-0.05, 0) is 117 Å². The Morgan fingerprint density at radius 1 is 0.333 bits per heavy atom. The molecule has 2 heterocycles. The molecule has 60 heavy (non-hydrogen) atoms. The van der Waals surface area contributed by atoms with Crippen molar-refractivity contribution >= 4 is 66.7 Å². The van der Waals surface area contributed by atoms with Gasteiger partial charge in [0.05, 0.1) is 16.7 Å². The van der Waals surface area contributed by atoms with E-state index in [1.165, 1.54) is 49.9 Å². The molecule has 0 spiro atoms. The highest BCUT2D eigenvalue weighted by atomic mass is 15.1. The monoisotopic (exact) mass is 770 g/mol. The third kappa shape index (κ3) is 4.97. The van der Waals surface area contributed by atoms with E-state index in [1.807, 2.05) is 12.4 Å². The molecule has 2 aliphatic rings. The minimum absolute atomic E-state index is 0.0570. The lowest BCUT2D eigenvalue weighted by molar-refractivity contribution is 0.660.